The molecular weight excluding hydrogens is 436 g/mol. The molecule has 9 nitrogen and oxygen atoms in total. The van der Waals surface area contributed by atoms with Gasteiger partial charge in [0, 0.05) is 37.8 Å². The van der Waals surface area contributed by atoms with Gasteiger partial charge in [-0.25, -0.2) is 0 Å². The predicted octanol–water partition coefficient (Wildman–Crippen LogP) is 2.94. The minimum atomic E-state index is -0.993. The molecule has 0 bridgehead atoms. The lowest BCUT2D eigenvalue weighted by Gasteiger charge is -2.39. The number of carbonyl (C=O) groups excluding carboxylic acids is 3. The molecule has 0 spiro atoms. The molecular formula is C22H26N2O7S. The number of ether oxygens (including phenoxy) is 4. The molecule has 2 aromatic rings. The van der Waals surface area contributed by atoms with Gasteiger partial charge in [-0.2, -0.15) is 5.10 Å². The Labute approximate surface area is 190 Å². The molecule has 10 heteroatoms. The molecule has 0 amide bonds. The molecule has 2 heterocycles. The van der Waals surface area contributed by atoms with Gasteiger partial charge in [-0.05, 0) is 31.5 Å². The van der Waals surface area contributed by atoms with Crippen LogP contribution in [0.3, 0.4) is 0 Å². The molecule has 1 saturated heterocycles. The lowest BCUT2D eigenvalue weighted by atomic mass is 10.0. The Morgan fingerprint density at radius 1 is 1.00 bits per heavy atom. The Hall–Kier alpha value is -3.01. The Morgan fingerprint density at radius 2 is 1.66 bits per heavy atom. The van der Waals surface area contributed by atoms with Crippen molar-refractivity contribution in [3.63, 3.8) is 0 Å². The summed E-state index contributed by atoms with van der Waals surface area (Å²) in [4.78, 5) is 35.1. The van der Waals surface area contributed by atoms with Crippen LogP contribution < -0.4 is 4.74 Å². The molecule has 1 aliphatic heterocycles. The summed E-state index contributed by atoms with van der Waals surface area (Å²) in [6.07, 6.45) is -2.73. The largest absolute Gasteiger partial charge is 0.476 e. The maximum atomic E-state index is 11.8. The predicted molar refractivity (Wildman–Crippen MR) is 117 cm³/mol. The monoisotopic (exact) mass is 462 g/mol. The van der Waals surface area contributed by atoms with Crippen molar-refractivity contribution in [2.24, 2.45) is 0 Å². The smallest absolute Gasteiger partial charge is 0.303 e. The fourth-order valence-corrected chi connectivity index (χ4v) is 4.86. The van der Waals surface area contributed by atoms with Crippen LogP contribution in [-0.2, 0) is 28.6 Å². The van der Waals surface area contributed by atoms with Gasteiger partial charge in [-0.1, -0.05) is 12.1 Å². The van der Waals surface area contributed by atoms with Crippen LogP contribution in [0.1, 0.15) is 32.2 Å². The zero-order valence-corrected chi connectivity index (χ0v) is 19.4. The number of nitrogens with zero attached hydrogens (tertiary/aromatic N) is 1. The standard InChI is InChI=1S/C22H26N2O7S/c1-11-19(12(2)24-23-11)16-7-6-8-17(9-16)31-22-21(30-15(5)27)20(29-14(4)26)18(10-32-22)28-13(3)25/h6-9,18,20-22H,10H2,1-5H3,(H,23,24)/t18-,20+,21-,22-/m1/s1. The van der Waals surface area contributed by atoms with E-state index in [0.29, 0.717) is 11.5 Å². The van der Waals surface area contributed by atoms with Crippen molar-refractivity contribution in [2.75, 3.05) is 5.75 Å². The van der Waals surface area contributed by atoms with Gasteiger partial charge in [0.15, 0.2) is 23.7 Å². The number of benzene rings is 1. The average Bonchev–Trinajstić information content (AvgIpc) is 3.03. The number of esters is 3. The molecule has 1 N–H and O–H groups in total. The van der Waals surface area contributed by atoms with Gasteiger partial charge >= 0.3 is 17.9 Å². The van der Waals surface area contributed by atoms with E-state index in [1.807, 2.05) is 32.0 Å². The summed E-state index contributed by atoms with van der Waals surface area (Å²) in [6, 6.07) is 7.47. The Balaban J connectivity index is 1.89. The fourth-order valence-electron chi connectivity index (χ4n) is 3.65. The van der Waals surface area contributed by atoms with E-state index in [9.17, 15) is 14.4 Å². The summed E-state index contributed by atoms with van der Waals surface area (Å²) in [5.41, 5.74) is 3.02. The number of aromatic nitrogens is 2. The Kier molecular flexibility index (Phi) is 7.44. The molecule has 0 radical (unpaired) electrons. The van der Waals surface area contributed by atoms with Crippen LogP contribution in [0, 0.1) is 13.8 Å². The van der Waals surface area contributed by atoms with Gasteiger partial charge in [0.2, 0.25) is 0 Å². The van der Waals surface area contributed by atoms with E-state index in [0.717, 1.165) is 22.5 Å². The average molecular weight is 463 g/mol. The van der Waals surface area contributed by atoms with Crippen molar-refractivity contribution < 1.29 is 33.3 Å². The topological polar surface area (TPSA) is 117 Å². The van der Waals surface area contributed by atoms with Crippen LogP contribution in [0.15, 0.2) is 24.3 Å². The quantitative estimate of drug-likeness (QED) is 0.511. The zero-order chi connectivity index (χ0) is 23.4. The van der Waals surface area contributed by atoms with Crippen LogP contribution in [0.5, 0.6) is 5.75 Å². The van der Waals surface area contributed by atoms with Crippen molar-refractivity contribution in [1.29, 1.82) is 0 Å². The maximum absolute atomic E-state index is 11.8. The number of aromatic amines is 1. The summed E-state index contributed by atoms with van der Waals surface area (Å²) in [6.45, 7) is 7.62. The van der Waals surface area contributed by atoms with E-state index in [1.54, 1.807) is 6.07 Å². The van der Waals surface area contributed by atoms with E-state index in [2.05, 4.69) is 10.2 Å². The third kappa shape index (κ3) is 5.61. The summed E-state index contributed by atoms with van der Waals surface area (Å²) >= 11 is 1.31. The van der Waals surface area contributed by atoms with Crippen molar-refractivity contribution in [1.82, 2.24) is 10.2 Å². The van der Waals surface area contributed by atoms with Crippen LogP contribution >= 0.6 is 11.8 Å². The highest BCUT2D eigenvalue weighted by atomic mass is 32.2. The van der Waals surface area contributed by atoms with Gasteiger partial charge in [-0.3, -0.25) is 19.5 Å². The minimum Gasteiger partial charge on any atom is -0.476 e. The highest BCUT2D eigenvalue weighted by Crippen LogP contribution is 2.35. The molecule has 1 aromatic heterocycles. The van der Waals surface area contributed by atoms with E-state index in [4.69, 9.17) is 18.9 Å². The minimum absolute atomic E-state index is 0.305. The van der Waals surface area contributed by atoms with Crippen LogP contribution in [-0.4, -0.2) is 57.6 Å². The molecule has 0 unspecified atom stereocenters. The summed E-state index contributed by atoms with van der Waals surface area (Å²) in [5, 5.41) is 7.20. The molecule has 172 valence electrons. The van der Waals surface area contributed by atoms with Gasteiger partial charge in [0.05, 0.1) is 5.69 Å². The number of thioether (sulfide) groups is 1. The third-order valence-corrected chi connectivity index (χ3v) is 6.02. The molecule has 0 saturated carbocycles. The lowest BCUT2D eigenvalue weighted by molar-refractivity contribution is -0.186. The molecule has 4 atom stereocenters. The molecule has 1 fully saturated rings. The number of nitrogens with one attached hydrogen (secondary N) is 1. The molecule has 32 heavy (non-hydrogen) atoms. The van der Waals surface area contributed by atoms with Crippen LogP contribution in [0.2, 0.25) is 0 Å². The first-order valence-electron chi connectivity index (χ1n) is 10.1. The number of carbonyl (C=O) groups is 3. The molecule has 3 rings (SSSR count). The Morgan fingerprint density at radius 3 is 2.25 bits per heavy atom. The van der Waals surface area contributed by atoms with Crippen molar-refractivity contribution in [3.05, 3.63) is 35.7 Å². The second kappa shape index (κ2) is 10.1. The van der Waals surface area contributed by atoms with Gasteiger partial charge in [-0.15, -0.1) is 11.8 Å². The van der Waals surface area contributed by atoms with E-state index < -0.39 is 41.7 Å². The second-order valence-electron chi connectivity index (χ2n) is 7.45. The fraction of sp³-hybridized carbons (Fsp3) is 0.455. The molecule has 1 aromatic carbocycles. The first kappa shape index (κ1) is 23.6. The number of H-pyrrole nitrogens is 1. The summed E-state index contributed by atoms with van der Waals surface area (Å²) in [7, 11) is 0. The lowest BCUT2D eigenvalue weighted by Crippen LogP contribution is -2.55. The van der Waals surface area contributed by atoms with Gasteiger partial charge < -0.3 is 18.9 Å². The summed E-state index contributed by atoms with van der Waals surface area (Å²) in [5.74, 6) is -0.817. The highest BCUT2D eigenvalue weighted by Gasteiger charge is 2.47. The molecule has 1 aliphatic rings. The first-order chi connectivity index (χ1) is 15.2. The molecule has 0 aliphatic carbocycles. The maximum Gasteiger partial charge on any atom is 0.303 e. The van der Waals surface area contributed by atoms with E-state index >= 15 is 0 Å². The van der Waals surface area contributed by atoms with Crippen molar-refractivity contribution >= 4 is 29.7 Å². The number of aryl methyl sites for hydroxylation is 2. The number of hydrogen-bond donors (Lipinski definition) is 1. The van der Waals surface area contributed by atoms with Crippen molar-refractivity contribution in [3.8, 4) is 16.9 Å². The van der Waals surface area contributed by atoms with E-state index in [1.165, 1.54) is 32.5 Å². The first-order valence-corrected chi connectivity index (χ1v) is 11.1. The van der Waals surface area contributed by atoms with Gasteiger partial charge in [0.1, 0.15) is 5.75 Å². The third-order valence-electron chi connectivity index (χ3n) is 4.81. The second-order valence-corrected chi connectivity index (χ2v) is 8.58. The normalized spacial score (nSPS) is 22.7. The number of rotatable bonds is 6. The van der Waals surface area contributed by atoms with Crippen LogP contribution in [0.4, 0.5) is 0 Å². The summed E-state index contributed by atoms with van der Waals surface area (Å²) < 4.78 is 22.4. The highest BCUT2D eigenvalue weighted by molar-refractivity contribution is 7.99. The number of hydrogen-bond acceptors (Lipinski definition) is 9. The van der Waals surface area contributed by atoms with Gasteiger partial charge in [0.25, 0.3) is 0 Å². The SMILES string of the molecule is CC(=O)O[C@@H]1[C@@H](OC(C)=O)[C@H](OC(C)=O)CS[C@H]1Oc1cccc(-c2c(C)n[nH]c2C)c1. The zero-order valence-electron chi connectivity index (χ0n) is 18.5. The van der Waals surface area contributed by atoms with E-state index in [-0.39, 0.29) is 0 Å². The van der Waals surface area contributed by atoms with Crippen molar-refractivity contribution in [2.45, 2.75) is 58.4 Å². The Bertz CT molecular complexity index is 986. The van der Waals surface area contributed by atoms with Crippen LogP contribution in [0.25, 0.3) is 11.1 Å².